The SMILES string of the molecule is CC(C)C.CNC=O.CNCc1ccccc1.CNc1ccccc1.N#CC1CC(C=O)CN1C(=O)CCC=O. The lowest BCUT2D eigenvalue weighted by molar-refractivity contribution is -0.132. The fourth-order valence-electron chi connectivity index (χ4n) is 3.10. The van der Waals surface area contributed by atoms with Gasteiger partial charge < -0.3 is 30.4 Å². The molecule has 2 amide bonds. The summed E-state index contributed by atoms with van der Waals surface area (Å²) in [6.45, 7) is 7.76. The van der Waals surface area contributed by atoms with Crippen LogP contribution < -0.4 is 16.0 Å². The van der Waals surface area contributed by atoms with Crippen LogP contribution in [0.4, 0.5) is 5.69 Å². The fourth-order valence-corrected chi connectivity index (χ4v) is 3.10. The summed E-state index contributed by atoms with van der Waals surface area (Å²) >= 11 is 0. The Morgan fingerprint density at radius 2 is 1.52 bits per heavy atom. The van der Waals surface area contributed by atoms with Crippen molar-refractivity contribution in [3.05, 3.63) is 66.2 Å². The van der Waals surface area contributed by atoms with Gasteiger partial charge in [-0.05, 0) is 37.1 Å². The van der Waals surface area contributed by atoms with Crippen LogP contribution in [0.2, 0.25) is 0 Å². The van der Waals surface area contributed by atoms with E-state index in [1.807, 2.05) is 68.7 Å². The number of anilines is 1. The molecule has 0 aliphatic carbocycles. The van der Waals surface area contributed by atoms with E-state index in [1.54, 1.807) is 7.05 Å². The van der Waals surface area contributed by atoms with Crippen LogP contribution in [0.3, 0.4) is 0 Å². The van der Waals surface area contributed by atoms with E-state index in [0.717, 1.165) is 24.4 Å². The van der Waals surface area contributed by atoms with E-state index in [1.165, 1.54) is 10.5 Å². The van der Waals surface area contributed by atoms with E-state index < -0.39 is 6.04 Å². The second kappa shape index (κ2) is 26.6. The normalized spacial score (nSPS) is 14.5. The van der Waals surface area contributed by atoms with Gasteiger partial charge in [-0.1, -0.05) is 69.3 Å². The first kappa shape index (κ1) is 38.1. The number of carbonyl (C=O) groups excluding carboxylic acids is 4. The zero-order valence-corrected chi connectivity index (χ0v) is 24.8. The first-order chi connectivity index (χ1) is 19.2. The van der Waals surface area contributed by atoms with Crippen molar-refractivity contribution in [3.63, 3.8) is 0 Å². The maximum atomic E-state index is 11.5. The summed E-state index contributed by atoms with van der Waals surface area (Å²) in [5.74, 6) is 0.368. The van der Waals surface area contributed by atoms with E-state index in [0.29, 0.717) is 25.7 Å². The van der Waals surface area contributed by atoms with Gasteiger partial charge in [0.15, 0.2) is 0 Å². The summed E-state index contributed by atoms with van der Waals surface area (Å²) < 4.78 is 0. The first-order valence-corrected chi connectivity index (χ1v) is 13.3. The van der Waals surface area contributed by atoms with E-state index >= 15 is 0 Å². The lowest BCUT2D eigenvalue weighted by Gasteiger charge is -2.18. The van der Waals surface area contributed by atoms with Crippen LogP contribution >= 0.6 is 0 Å². The van der Waals surface area contributed by atoms with Crippen molar-refractivity contribution in [1.82, 2.24) is 15.5 Å². The predicted molar refractivity (Wildman–Crippen MR) is 161 cm³/mol. The molecule has 9 heteroatoms. The van der Waals surface area contributed by atoms with Gasteiger partial charge in [-0.2, -0.15) is 5.26 Å². The maximum absolute atomic E-state index is 11.5. The minimum atomic E-state index is -0.514. The van der Waals surface area contributed by atoms with Crippen LogP contribution in [0, 0.1) is 23.2 Å². The van der Waals surface area contributed by atoms with Gasteiger partial charge in [0.25, 0.3) is 0 Å². The third-order valence-electron chi connectivity index (χ3n) is 4.88. The van der Waals surface area contributed by atoms with Crippen molar-refractivity contribution in [2.24, 2.45) is 11.8 Å². The second-order valence-corrected chi connectivity index (χ2v) is 9.30. The highest BCUT2D eigenvalue weighted by Gasteiger charge is 2.34. The Bertz CT molecular complexity index is 946. The highest BCUT2D eigenvalue weighted by atomic mass is 16.2. The van der Waals surface area contributed by atoms with Crippen LogP contribution in [0.15, 0.2) is 60.7 Å². The molecule has 1 aliphatic heterocycles. The summed E-state index contributed by atoms with van der Waals surface area (Å²) in [6, 6.07) is 21.9. The molecule has 9 nitrogen and oxygen atoms in total. The van der Waals surface area contributed by atoms with Crippen LogP contribution in [0.5, 0.6) is 0 Å². The van der Waals surface area contributed by atoms with Crippen LogP contribution in [-0.4, -0.2) is 63.5 Å². The molecule has 2 unspecified atom stereocenters. The quantitative estimate of drug-likeness (QED) is 0.420. The fraction of sp³-hybridized carbons (Fsp3) is 0.452. The molecule has 0 spiro atoms. The number of nitrogens with one attached hydrogen (secondary N) is 3. The average molecular weight is 554 g/mol. The average Bonchev–Trinajstić information content (AvgIpc) is 3.41. The monoisotopic (exact) mass is 553 g/mol. The predicted octanol–water partition coefficient (Wildman–Crippen LogP) is 4.06. The molecule has 0 saturated carbocycles. The van der Waals surface area contributed by atoms with E-state index in [4.69, 9.17) is 10.1 Å². The zero-order valence-electron chi connectivity index (χ0n) is 24.8. The second-order valence-electron chi connectivity index (χ2n) is 9.30. The molecule has 2 atom stereocenters. The number of nitriles is 1. The molecule has 1 fully saturated rings. The summed E-state index contributed by atoms with van der Waals surface area (Å²) in [5.41, 5.74) is 2.49. The molecule has 0 radical (unpaired) electrons. The summed E-state index contributed by atoms with van der Waals surface area (Å²) in [6.07, 6.45) is 2.77. The molecule has 0 bridgehead atoms. The molecular formula is C31H47N5O4. The summed E-state index contributed by atoms with van der Waals surface area (Å²) in [7, 11) is 5.43. The minimum absolute atomic E-state index is 0.118. The number of para-hydroxylation sites is 1. The van der Waals surface area contributed by atoms with Crippen molar-refractivity contribution < 1.29 is 19.2 Å². The third kappa shape index (κ3) is 21.0. The number of benzene rings is 2. The van der Waals surface area contributed by atoms with Crippen molar-refractivity contribution in [3.8, 4) is 6.07 Å². The molecule has 2 aromatic rings. The van der Waals surface area contributed by atoms with Gasteiger partial charge >= 0.3 is 0 Å². The number of hydrogen-bond acceptors (Lipinski definition) is 7. The van der Waals surface area contributed by atoms with E-state index in [9.17, 15) is 14.4 Å². The lowest BCUT2D eigenvalue weighted by atomic mass is 10.1. The van der Waals surface area contributed by atoms with Gasteiger partial charge in [0.05, 0.1) is 6.07 Å². The number of rotatable bonds is 8. The molecular weight excluding hydrogens is 506 g/mol. The molecule has 2 aromatic carbocycles. The number of carbonyl (C=O) groups is 4. The van der Waals surface area contributed by atoms with E-state index in [-0.39, 0.29) is 24.7 Å². The highest BCUT2D eigenvalue weighted by molar-refractivity contribution is 5.80. The highest BCUT2D eigenvalue weighted by Crippen LogP contribution is 2.22. The minimum Gasteiger partial charge on any atom is -0.388 e. The van der Waals surface area contributed by atoms with Crippen LogP contribution in [-0.2, 0) is 25.7 Å². The van der Waals surface area contributed by atoms with Crippen LogP contribution in [0.1, 0.15) is 45.6 Å². The standard InChI is InChI=1S/C10H12N2O3.C8H11N.C7H9N.C4H10.C2H5NO/c11-5-9-4-8(7-14)6-12(9)10(15)2-1-3-13;1-9-7-8-5-3-2-4-6-8;1-8-7-5-3-2-4-6-7;1-4(2)3;1-3-2-4/h3,7-9H,1-2,4,6H2;2-6,9H,7H2,1H3;2-6,8H,1H3;4H,1-3H3;2H,1H3,(H,3,4). The molecule has 1 heterocycles. The van der Waals surface area contributed by atoms with Crippen LogP contribution in [0.25, 0.3) is 0 Å². The molecule has 220 valence electrons. The number of hydrogen-bond donors (Lipinski definition) is 3. The topological polar surface area (TPSA) is 131 Å². The smallest absolute Gasteiger partial charge is 0.224 e. The van der Waals surface area contributed by atoms with Gasteiger partial charge in [0.1, 0.15) is 18.6 Å². The molecule has 0 aromatic heterocycles. The number of amides is 2. The molecule has 1 saturated heterocycles. The zero-order chi connectivity index (χ0) is 30.6. The van der Waals surface area contributed by atoms with Crippen molar-refractivity contribution in [2.45, 2.75) is 52.6 Å². The number of nitrogens with zero attached hydrogens (tertiary/aromatic N) is 2. The van der Waals surface area contributed by atoms with Gasteiger partial charge in [-0.15, -0.1) is 0 Å². The number of aldehydes is 2. The van der Waals surface area contributed by atoms with Crippen molar-refractivity contribution in [2.75, 3.05) is 33.0 Å². The Morgan fingerprint density at radius 3 is 1.90 bits per heavy atom. The summed E-state index contributed by atoms with van der Waals surface area (Å²) in [4.78, 5) is 42.6. The van der Waals surface area contributed by atoms with Gasteiger partial charge in [0, 0.05) is 51.6 Å². The van der Waals surface area contributed by atoms with Crippen molar-refractivity contribution in [1.29, 1.82) is 5.26 Å². The first-order valence-electron chi connectivity index (χ1n) is 13.3. The Kier molecular flexibility index (Phi) is 25.3. The largest absolute Gasteiger partial charge is 0.388 e. The molecule has 3 rings (SSSR count). The summed E-state index contributed by atoms with van der Waals surface area (Å²) in [5, 5.41) is 17.2. The van der Waals surface area contributed by atoms with Gasteiger partial charge in [-0.3, -0.25) is 9.59 Å². The Labute approximate surface area is 240 Å². The number of likely N-dealkylation sites (tertiary alicyclic amines) is 1. The van der Waals surface area contributed by atoms with E-state index in [2.05, 4.69) is 48.9 Å². The third-order valence-corrected chi connectivity index (χ3v) is 4.88. The maximum Gasteiger partial charge on any atom is 0.224 e. The van der Waals surface area contributed by atoms with Gasteiger partial charge in [0.2, 0.25) is 12.3 Å². The lowest BCUT2D eigenvalue weighted by Crippen LogP contribution is -2.34. The molecule has 40 heavy (non-hydrogen) atoms. The van der Waals surface area contributed by atoms with Crippen molar-refractivity contribution >= 4 is 30.6 Å². The molecule has 1 aliphatic rings. The van der Waals surface area contributed by atoms with Gasteiger partial charge in [-0.25, -0.2) is 0 Å². The Balaban J connectivity index is 0. The molecule has 3 N–H and O–H groups in total. The Hall–Kier alpha value is -4.03. The Morgan fingerprint density at radius 1 is 1.00 bits per heavy atom.